The van der Waals surface area contributed by atoms with Crippen LogP contribution in [-0.4, -0.2) is 25.4 Å². The zero-order chi connectivity index (χ0) is 17.6. The Hall–Kier alpha value is -0.460. The number of unbranched alkanes of at least 4 members (excludes halogenated alkanes) is 8. The zero-order valence-corrected chi connectivity index (χ0v) is 15.6. The highest BCUT2D eigenvalue weighted by Crippen LogP contribution is 2.13. The number of carbonyl (C=O) groups is 1. The van der Waals surface area contributed by atoms with Crippen molar-refractivity contribution < 1.29 is 21.9 Å². The Kier molecular flexibility index (Phi) is 13.7. The number of ketones is 1. The van der Waals surface area contributed by atoms with Gasteiger partial charge in [0, 0.05) is 12.8 Å². The standard InChI is InChI=1S/C17H34O5S/c1-16(2)12-10-8-6-4-3-5-7-9-11-13-17(18)14-15-22-23(19,20)21/h16H,3-15H2,1-2H3,(H,19,20,21). The van der Waals surface area contributed by atoms with Gasteiger partial charge in [0.05, 0.1) is 6.61 Å². The molecule has 0 aliphatic rings. The van der Waals surface area contributed by atoms with Crippen LogP contribution < -0.4 is 0 Å². The van der Waals surface area contributed by atoms with E-state index in [0.717, 1.165) is 25.2 Å². The lowest BCUT2D eigenvalue weighted by molar-refractivity contribution is -0.119. The molecule has 0 unspecified atom stereocenters. The fourth-order valence-corrected chi connectivity index (χ4v) is 2.79. The van der Waals surface area contributed by atoms with Crippen molar-refractivity contribution in [3.63, 3.8) is 0 Å². The summed E-state index contributed by atoms with van der Waals surface area (Å²) in [7, 11) is -4.42. The van der Waals surface area contributed by atoms with E-state index in [9.17, 15) is 13.2 Å². The van der Waals surface area contributed by atoms with Crippen LogP contribution in [0.25, 0.3) is 0 Å². The molecule has 0 radical (unpaired) electrons. The molecule has 0 aliphatic heterocycles. The van der Waals surface area contributed by atoms with Gasteiger partial charge in [-0.15, -0.1) is 0 Å². The number of hydrogen-bond donors (Lipinski definition) is 1. The van der Waals surface area contributed by atoms with E-state index in [4.69, 9.17) is 4.55 Å². The van der Waals surface area contributed by atoms with Gasteiger partial charge >= 0.3 is 10.4 Å². The molecule has 138 valence electrons. The molecule has 0 bridgehead atoms. The fourth-order valence-electron chi connectivity index (χ4n) is 2.50. The predicted molar refractivity (Wildman–Crippen MR) is 92.7 cm³/mol. The van der Waals surface area contributed by atoms with Crippen LogP contribution in [-0.2, 0) is 19.4 Å². The summed E-state index contributed by atoms with van der Waals surface area (Å²) in [5.74, 6) is 0.802. The van der Waals surface area contributed by atoms with E-state index in [2.05, 4.69) is 18.0 Å². The van der Waals surface area contributed by atoms with Gasteiger partial charge in [-0.3, -0.25) is 9.35 Å². The van der Waals surface area contributed by atoms with Crippen molar-refractivity contribution >= 4 is 16.2 Å². The van der Waals surface area contributed by atoms with E-state index in [1.807, 2.05) is 0 Å². The smallest absolute Gasteiger partial charge is 0.300 e. The Labute approximate surface area is 142 Å². The number of carbonyl (C=O) groups excluding carboxylic acids is 1. The van der Waals surface area contributed by atoms with Crippen LogP contribution in [0.1, 0.15) is 90.9 Å². The Bertz CT molecular complexity index is 390. The SMILES string of the molecule is CC(C)CCCCCCCCCCCC(=O)CCOS(=O)(=O)O. The quantitative estimate of drug-likeness (QED) is 0.322. The van der Waals surface area contributed by atoms with Crippen LogP contribution in [0, 0.1) is 5.92 Å². The summed E-state index contributed by atoms with van der Waals surface area (Å²) >= 11 is 0. The third-order valence-corrected chi connectivity index (χ3v) is 4.31. The van der Waals surface area contributed by atoms with E-state index in [-0.39, 0.29) is 18.8 Å². The molecule has 0 fully saturated rings. The van der Waals surface area contributed by atoms with E-state index < -0.39 is 10.4 Å². The molecule has 0 rings (SSSR count). The zero-order valence-electron chi connectivity index (χ0n) is 14.8. The average Bonchev–Trinajstić information content (AvgIpc) is 2.43. The lowest BCUT2D eigenvalue weighted by Crippen LogP contribution is -2.09. The Morgan fingerprint density at radius 1 is 0.870 bits per heavy atom. The highest BCUT2D eigenvalue weighted by atomic mass is 32.3. The first-order valence-electron chi connectivity index (χ1n) is 8.95. The number of hydrogen-bond acceptors (Lipinski definition) is 4. The van der Waals surface area contributed by atoms with Crippen molar-refractivity contribution in [1.82, 2.24) is 0 Å². The molecule has 0 atom stereocenters. The van der Waals surface area contributed by atoms with Gasteiger partial charge in [-0.1, -0.05) is 71.6 Å². The van der Waals surface area contributed by atoms with Crippen LogP contribution in [0.5, 0.6) is 0 Å². The highest BCUT2D eigenvalue weighted by molar-refractivity contribution is 7.80. The van der Waals surface area contributed by atoms with Gasteiger partial charge in [0.2, 0.25) is 0 Å². The van der Waals surface area contributed by atoms with E-state index in [1.54, 1.807) is 0 Å². The number of Topliss-reactive ketones (excluding diaryl/α,β-unsaturated/α-hetero) is 1. The molecule has 6 heteroatoms. The Morgan fingerprint density at radius 2 is 1.35 bits per heavy atom. The summed E-state index contributed by atoms with van der Waals surface area (Å²) in [6.07, 6.45) is 12.7. The van der Waals surface area contributed by atoms with E-state index in [1.165, 1.54) is 44.9 Å². The molecule has 0 aliphatic carbocycles. The molecular formula is C17H34O5S. The summed E-state index contributed by atoms with van der Waals surface area (Å²) in [6.45, 7) is 4.27. The largest absolute Gasteiger partial charge is 0.397 e. The molecule has 0 amide bonds. The van der Waals surface area contributed by atoms with E-state index >= 15 is 0 Å². The minimum absolute atomic E-state index is 0.0150. The van der Waals surface area contributed by atoms with Crippen molar-refractivity contribution in [2.75, 3.05) is 6.61 Å². The van der Waals surface area contributed by atoms with Gasteiger partial charge in [-0.2, -0.15) is 8.42 Å². The Morgan fingerprint density at radius 3 is 1.83 bits per heavy atom. The van der Waals surface area contributed by atoms with Gasteiger partial charge in [-0.05, 0) is 12.3 Å². The molecule has 0 aromatic rings. The van der Waals surface area contributed by atoms with Crippen LogP contribution in [0.2, 0.25) is 0 Å². The first kappa shape index (κ1) is 22.5. The summed E-state index contributed by atoms with van der Waals surface area (Å²) in [4.78, 5) is 11.5. The summed E-state index contributed by atoms with van der Waals surface area (Å²) in [6, 6.07) is 0. The second-order valence-corrected chi connectivity index (χ2v) is 7.74. The first-order valence-corrected chi connectivity index (χ1v) is 10.3. The Balaban J connectivity index is 3.25. The van der Waals surface area contributed by atoms with Crippen LogP contribution in [0.3, 0.4) is 0 Å². The summed E-state index contributed by atoms with van der Waals surface area (Å²) in [5.41, 5.74) is 0. The lowest BCUT2D eigenvalue weighted by Gasteiger charge is -2.04. The van der Waals surface area contributed by atoms with Crippen molar-refractivity contribution in [3.05, 3.63) is 0 Å². The fraction of sp³-hybridized carbons (Fsp3) is 0.941. The molecule has 1 N–H and O–H groups in total. The normalized spacial score (nSPS) is 12.0. The van der Waals surface area contributed by atoms with Gasteiger partial charge < -0.3 is 0 Å². The maximum atomic E-state index is 11.5. The third kappa shape index (κ3) is 19.5. The molecule has 5 nitrogen and oxygen atoms in total. The van der Waals surface area contributed by atoms with Crippen LogP contribution >= 0.6 is 0 Å². The topological polar surface area (TPSA) is 80.7 Å². The molecule has 23 heavy (non-hydrogen) atoms. The van der Waals surface area contributed by atoms with Crippen molar-refractivity contribution in [2.24, 2.45) is 5.92 Å². The molecule has 0 aromatic carbocycles. The maximum absolute atomic E-state index is 11.5. The molecular weight excluding hydrogens is 316 g/mol. The van der Waals surface area contributed by atoms with Gasteiger partial charge in [0.15, 0.2) is 0 Å². The highest BCUT2D eigenvalue weighted by Gasteiger charge is 2.07. The van der Waals surface area contributed by atoms with Crippen molar-refractivity contribution in [3.8, 4) is 0 Å². The number of rotatable bonds is 16. The predicted octanol–water partition coefficient (Wildman–Crippen LogP) is 4.71. The lowest BCUT2D eigenvalue weighted by atomic mass is 10.0. The minimum atomic E-state index is -4.42. The van der Waals surface area contributed by atoms with Gasteiger partial charge in [0.25, 0.3) is 0 Å². The summed E-state index contributed by atoms with van der Waals surface area (Å²) < 4.78 is 33.1. The molecule has 0 saturated heterocycles. The minimum Gasteiger partial charge on any atom is -0.300 e. The molecule has 0 aromatic heterocycles. The second kappa shape index (κ2) is 13.9. The molecule has 0 heterocycles. The van der Waals surface area contributed by atoms with Crippen LogP contribution in [0.15, 0.2) is 0 Å². The molecule has 0 spiro atoms. The van der Waals surface area contributed by atoms with Crippen molar-refractivity contribution in [2.45, 2.75) is 90.9 Å². The first-order chi connectivity index (χ1) is 10.8. The van der Waals surface area contributed by atoms with Crippen molar-refractivity contribution in [1.29, 1.82) is 0 Å². The van der Waals surface area contributed by atoms with E-state index in [0.29, 0.717) is 6.42 Å². The third-order valence-electron chi connectivity index (χ3n) is 3.85. The second-order valence-electron chi connectivity index (χ2n) is 6.65. The van der Waals surface area contributed by atoms with Crippen LogP contribution in [0.4, 0.5) is 0 Å². The van der Waals surface area contributed by atoms with Gasteiger partial charge in [0.1, 0.15) is 5.78 Å². The maximum Gasteiger partial charge on any atom is 0.397 e. The van der Waals surface area contributed by atoms with Gasteiger partial charge in [-0.25, -0.2) is 4.18 Å². The average molecular weight is 351 g/mol. The summed E-state index contributed by atoms with van der Waals surface area (Å²) in [5, 5.41) is 0. The monoisotopic (exact) mass is 350 g/mol. The molecule has 0 saturated carbocycles.